The van der Waals surface area contributed by atoms with Crippen LogP contribution in [0.2, 0.25) is 0 Å². The molecule has 31 heavy (non-hydrogen) atoms. The molecule has 1 aromatic carbocycles. The maximum Gasteiger partial charge on any atom is 0.195 e. The molecule has 1 atom stereocenters. The number of hydrogen-bond acceptors (Lipinski definition) is 5. The summed E-state index contributed by atoms with van der Waals surface area (Å²) in [5.74, 6) is 3.06. The van der Waals surface area contributed by atoms with Gasteiger partial charge in [-0.15, -0.1) is 11.3 Å². The van der Waals surface area contributed by atoms with Crippen molar-refractivity contribution in [2.75, 3.05) is 51.3 Å². The van der Waals surface area contributed by atoms with Crippen molar-refractivity contribution in [2.24, 2.45) is 10.9 Å². The molecule has 0 amide bonds. The number of ether oxygens (including phenoxy) is 2. The molecule has 2 aliphatic rings. The molecule has 0 bridgehead atoms. The Morgan fingerprint density at radius 2 is 2.10 bits per heavy atom. The molecule has 0 aliphatic carbocycles. The third-order valence-electron chi connectivity index (χ3n) is 5.81. The van der Waals surface area contributed by atoms with Crippen LogP contribution in [0.1, 0.15) is 31.1 Å². The number of nitrogens with one attached hydrogen (secondary N) is 2. The summed E-state index contributed by atoms with van der Waals surface area (Å²) in [6.45, 7) is 8.82. The number of fused-ring (bicyclic) bond motifs is 1. The summed E-state index contributed by atoms with van der Waals surface area (Å²) in [6, 6.07) is 10.3. The Kier molecular flexibility index (Phi) is 8.07. The van der Waals surface area contributed by atoms with Crippen molar-refractivity contribution >= 4 is 23.0 Å². The quantitative estimate of drug-likeness (QED) is 0.496. The Bertz CT molecular complexity index is 840. The van der Waals surface area contributed by atoms with Gasteiger partial charge in [0.15, 0.2) is 17.5 Å². The van der Waals surface area contributed by atoms with Crippen LogP contribution in [0.25, 0.3) is 0 Å². The van der Waals surface area contributed by atoms with Gasteiger partial charge >= 0.3 is 0 Å². The summed E-state index contributed by atoms with van der Waals surface area (Å²) in [5.41, 5.74) is 0.963. The van der Waals surface area contributed by atoms with E-state index >= 15 is 0 Å². The second-order valence-corrected chi connectivity index (χ2v) is 9.22. The third kappa shape index (κ3) is 6.61. The topological polar surface area (TPSA) is 58.1 Å². The normalized spacial score (nSPS) is 19.6. The van der Waals surface area contributed by atoms with Gasteiger partial charge in [-0.05, 0) is 61.8 Å². The number of guanidine groups is 1. The predicted molar refractivity (Wildman–Crippen MR) is 129 cm³/mol. The number of benzene rings is 1. The van der Waals surface area contributed by atoms with Gasteiger partial charge in [0.1, 0.15) is 0 Å². The van der Waals surface area contributed by atoms with Gasteiger partial charge in [-0.3, -0.25) is 4.99 Å². The van der Waals surface area contributed by atoms with Gasteiger partial charge in [-0.1, -0.05) is 13.0 Å². The number of anilines is 1. The summed E-state index contributed by atoms with van der Waals surface area (Å²) in [4.78, 5) is 8.88. The summed E-state index contributed by atoms with van der Waals surface area (Å²) >= 11 is 1.80. The number of rotatable bonds is 7. The van der Waals surface area contributed by atoms with Crippen LogP contribution >= 0.6 is 11.3 Å². The third-order valence-corrected chi connectivity index (χ3v) is 6.75. The van der Waals surface area contributed by atoms with Gasteiger partial charge in [0, 0.05) is 42.7 Å². The number of likely N-dealkylation sites (tertiary alicyclic amines) is 1. The molecule has 1 aromatic heterocycles. The largest absolute Gasteiger partial charge is 0.490 e. The molecule has 168 valence electrons. The lowest BCUT2D eigenvalue weighted by Crippen LogP contribution is -2.37. The molecule has 1 unspecified atom stereocenters. The average molecular weight is 443 g/mol. The van der Waals surface area contributed by atoms with E-state index in [9.17, 15) is 0 Å². The minimum absolute atomic E-state index is 0.619. The Labute approximate surface area is 189 Å². The fourth-order valence-electron chi connectivity index (χ4n) is 4.08. The van der Waals surface area contributed by atoms with Gasteiger partial charge in [0.2, 0.25) is 0 Å². The van der Waals surface area contributed by atoms with Gasteiger partial charge in [0.25, 0.3) is 0 Å². The van der Waals surface area contributed by atoms with Gasteiger partial charge in [-0.2, -0.15) is 0 Å². The van der Waals surface area contributed by atoms with E-state index in [1.807, 2.05) is 18.2 Å². The fourth-order valence-corrected chi connectivity index (χ4v) is 4.79. The van der Waals surface area contributed by atoms with Crippen LogP contribution in [0.3, 0.4) is 0 Å². The van der Waals surface area contributed by atoms with Crippen LogP contribution in [0.4, 0.5) is 5.69 Å². The van der Waals surface area contributed by atoms with Crippen LogP contribution < -0.4 is 20.1 Å². The van der Waals surface area contributed by atoms with Crippen molar-refractivity contribution in [3.8, 4) is 11.5 Å². The second-order valence-electron chi connectivity index (χ2n) is 8.18. The lowest BCUT2D eigenvalue weighted by atomic mass is 9.98. The molecular weight excluding hydrogens is 408 g/mol. The van der Waals surface area contributed by atoms with E-state index in [4.69, 9.17) is 14.5 Å². The number of nitrogens with zero attached hydrogens (tertiary/aromatic N) is 2. The average Bonchev–Trinajstić information content (AvgIpc) is 3.21. The van der Waals surface area contributed by atoms with E-state index in [1.165, 1.54) is 24.3 Å². The molecule has 0 radical (unpaired) electrons. The molecule has 7 heteroatoms. The first-order valence-electron chi connectivity index (χ1n) is 11.5. The highest BCUT2D eigenvalue weighted by Crippen LogP contribution is 2.32. The molecule has 4 rings (SSSR count). The van der Waals surface area contributed by atoms with Crippen LogP contribution in [-0.4, -0.2) is 56.8 Å². The summed E-state index contributed by atoms with van der Waals surface area (Å²) in [6.07, 6.45) is 4.42. The first-order chi connectivity index (χ1) is 15.3. The zero-order chi connectivity index (χ0) is 21.3. The first kappa shape index (κ1) is 22.0. The molecule has 0 saturated carbocycles. The zero-order valence-electron chi connectivity index (χ0n) is 18.4. The fraction of sp³-hybridized carbons (Fsp3) is 0.542. The van der Waals surface area contributed by atoms with E-state index in [-0.39, 0.29) is 0 Å². The summed E-state index contributed by atoms with van der Waals surface area (Å²) < 4.78 is 11.6. The Hall–Kier alpha value is -2.25. The van der Waals surface area contributed by atoms with Crippen LogP contribution in [-0.2, 0) is 6.42 Å². The molecule has 2 N–H and O–H groups in total. The van der Waals surface area contributed by atoms with Gasteiger partial charge in [-0.25, -0.2) is 0 Å². The molecule has 1 saturated heterocycles. The Morgan fingerprint density at radius 1 is 1.19 bits per heavy atom. The van der Waals surface area contributed by atoms with Crippen LogP contribution in [0.5, 0.6) is 11.5 Å². The Morgan fingerprint density at radius 3 is 2.94 bits per heavy atom. The van der Waals surface area contributed by atoms with E-state index in [2.05, 4.69) is 40.0 Å². The molecule has 6 nitrogen and oxygen atoms in total. The molecule has 1 fully saturated rings. The SMILES string of the molecule is CCN1CCCC(CN=C(NCCc2cccs2)Nc2ccc3c(c2)OCCCO3)C1. The maximum absolute atomic E-state index is 5.85. The molecule has 0 spiro atoms. The number of piperidine rings is 1. The molecule has 2 aliphatic heterocycles. The van der Waals surface area contributed by atoms with Crippen LogP contribution in [0, 0.1) is 5.92 Å². The van der Waals surface area contributed by atoms with E-state index in [1.54, 1.807) is 11.3 Å². The first-order valence-corrected chi connectivity index (χ1v) is 12.4. The van der Waals surface area contributed by atoms with Crippen molar-refractivity contribution in [1.82, 2.24) is 10.2 Å². The van der Waals surface area contributed by atoms with Crippen molar-refractivity contribution in [1.29, 1.82) is 0 Å². The zero-order valence-corrected chi connectivity index (χ0v) is 19.3. The highest BCUT2D eigenvalue weighted by atomic mass is 32.1. The number of hydrogen-bond donors (Lipinski definition) is 2. The van der Waals surface area contributed by atoms with E-state index in [0.29, 0.717) is 19.1 Å². The molecule has 3 heterocycles. The molecule has 2 aromatic rings. The van der Waals surface area contributed by atoms with Crippen molar-refractivity contribution in [3.05, 3.63) is 40.6 Å². The van der Waals surface area contributed by atoms with Crippen molar-refractivity contribution in [2.45, 2.75) is 32.6 Å². The van der Waals surface area contributed by atoms with E-state index < -0.39 is 0 Å². The standard InChI is InChI=1S/C24H34N4O2S/c1-2-28-12-3-6-19(18-28)17-26-24(25-11-10-21-7-4-15-31-21)27-20-8-9-22-23(16-20)30-14-5-13-29-22/h4,7-9,15-16,19H,2-3,5-6,10-14,17-18H2,1H3,(H2,25,26,27). The summed E-state index contributed by atoms with van der Waals surface area (Å²) in [7, 11) is 0. The van der Waals surface area contributed by atoms with E-state index in [0.717, 1.165) is 62.2 Å². The minimum Gasteiger partial charge on any atom is -0.490 e. The number of aliphatic imine (C=N–C) groups is 1. The highest BCUT2D eigenvalue weighted by Gasteiger charge is 2.18. The van der Waals surface area contributed by atoms with Gasteiger partial charge < -0.3 is 25.0 Å². The lowest BCUT2D eigenvalue weighted by molar-refractivity contribution is 0.187. The van der Waals surface area contributed by atoms with Gasteiger partial charge in [0.05, 0.1) is 13.2 Å². The maximum atomic E-state index is 5.85. The lowest BCUT2D eigenvalue weighted by Gasteiger charge is -2.31. The Balaban J connectivity index is 1.41. The monoisotopic (exact) mass is 442 g/mol. The van der Waals surface area contributed by atoms with Crippen molar-refractivity contribution < 1.29 is 9.47 Å². The number of thiophene rings is 1. The van der Waals surface area contributed by atoms with Crippen molar-refractivity contribution in [3.63, 3.8) is 0 Å². The van der Waals surface area contributed by atoms with Crippen LogP contribution in [0.15, 0.2) is 40.7 Å². The highest BCUT2D eigenvalue weighted by molar-refractivity contribution is 7.09. The second kappa shape index (κ2) is 11.4. The smallest absolute Gasteiger partial charge is 0.195 e. The molecular formula is C24H34N4O2S. The minimum atomic E-state index is 0.619. The summed E-state index contributed by atoms with van der Waals surface area (Å²) in [5, 5.41) is 9.14. The predicted octanol–water partition coefficient (Wildman–Crippen LogP) is 4.24.